The lowest BCUT2D eigenvalue weighted by molar-refractivity contribution is 0.172. The Morgan fingerprint density at radius 1 is 1.30 bits per heavy atom. The molecule has 104 valence electrons. The number of tetrazole rings is 1. The Labute approximate surface area is 117 Å². The molecule has 0 spiro atoms. The molecule has 20 heavy (non-hydrogen) atoms. The summed E-state index contributed by atoms with van der Waals surface area (Å²) in [6, 6.07) is 10.7. The number of hydrogen-bond donors (Lipinski definition) is 0. The van der Waals surface area contributed by atoms with Gasteiger partial charge in [0.25, 0.3) is 0 Å². The smallest absolute Gasteiger partial charge is 0.245 e. The fourth-order valence-corrected chi connectivity index (χ4v) is 3.56. The van der Waals surface area contributed by atoms with Crippen molar-refractivity contribution in [3.05, 3.63) is 35.9 Å². The third-order valence-electron chi connectivity index (χ3n) is 4.60. The quantitative estimate of drug-likeness (QED) is 0.801. The maximum Gasteiger partial charge on any atom is 0.245 e. The molecular formula is C14H17N5O. The minimum atomic E-state index is 0.0766. The number of hydrogen-bond acceptors (Lipinski definition) is 5. The summed E-state index contributed by atoms with van der Waals surface area (Å²) < 4.78 is 7.52. The van der Waals surface area contributed by atoms with Crippen LogP contribution >= 0.6 is 0 Å². The monoisotopic (exact) mass is 271 g/mol. The molecule has 0 unspecified atom stereocenters. The highest BCUT2D eigenvalue weighted by molar-refractivity contribution is 5.41. The molecule has 4 rings (SSSR count). The number of aryl methyl sites for hydroxylation is 1. The summed E-state index contributed by atoms with van der Waals surface area (Å²) >= 11 is 0. The summed E-state index contributed by atoms with van der Waals surface area (Å²) in [6.45, 7) is 3.46. The average molecular weight is 271 g/mol. The van der Waals surface area contributed by atoms with Crippen LogP contribution in [0.1, 0.15) is 5.56 Å². The van der Waals surface area contributed by atoms with Crippen molar-refractivity contribution in [3.8, 4) is 0 Å². The van der Waals surface area contributed by atoms with Crippen LogP contribution in [0, 0.1) is 5.92 Å². The van der Waals surface area contributed by atoms with Crippen LogP contribution in [0.4, 0.5) is 5.95 Å². The van der Waals surface area contributed by atoms with Crippen LogP contribution < -0.4 is 4.90 Å². The molecule has 0 radical (unpaired) electrons. The van der Waals surface area contributed by atoms with Crippen LogP contribution in [0.25, 0.3) is 0 Å². The Morgan fingerprint density at radius 2 is 2.15 bits per heavy atom. The maximum atomic E-state index is 5.78. The standard InChI is InChI=1S/C14H17N5O/c1-18-13(15-16-17-18)19-7-12-8-20-10-14(12,9-19)11-5-3-2-4-6-11/h2-6,12H,7-10H2,1H3/t12-,14+/m1/s1. The minimum Gasteiger partial charge on any atom is -0.380 e. The molecule has 2 aliphatic heterocycles. The number of nitrogens with zero attached hydrogens (tertiary/aromatic N) is 5. The van der Waals surface area contributed by atoms with E-state index in [0.717, 1.165) is 32.3 Å². The van der Waals surface area contributed by atoms with Gasteiger partial charge in [0.2, 0.25) is 5.95 Å². The van der Waals surface area contributed by atoms with Crippen molar-refractivity contribution in [2.24, 2.45) is 13.0 Å². The van der Waals surface area contributed by atoms with Crippen molar-refractivity contribution in [2.75, 3.05) is 31.2 Å². The molecule has 0 N–H and O–H groups in total. The number of aromatic nitrogens is 4. The van der Waals surface area contributed by atoms with E-state index in [0.29, 0.717) is 5.92 Å². The Bertz CT molecular complexity index is 613. The van der Waals surface area contributed by atoms with Crippen LogP contribution in [-0.4, -0.2) is 46.5 Å². The van der Waals surface area contributed by atoms with E-state index in [1.807, 2.05) is 7.05 Å². The molecule has 2 saturated heterocycles. The van der Waals surface area contributed by atoms with Crippen molar-refractivity contribution in [1.29, 1.82) is 0 Å². The Kier molecular flexibility index (Phi) is 2.53. The van der Waals surface area contributed by atoms with Gasteiger partial charge in [0.15, 0.2) is 0 Å². The second kappa shape index (κ2) is 4.28. The van der Waals surface area contributed by atoms with E-state index in [9.17, 15) is 0 Å². The lowest BCUT2D eigenvalue weighted by Crippen LogP contribution is -2.36. The van der Waals surface area contributed by atoms with Gasteiger partial charge in [0, 0.05) is 31.5 Å². The van der Waals surface area contributed by atoms with E-state index < -0.39 is 0 Å². The van der Waals surface area contributed by atoms with E-state index in [4.69, 9.17) is 4.74 Å². The van der Waals surface area contributed by atoms with Crippen LogP contribution in [0.15, 0.2) is 30.3 Å². The molecule has 2 aromatic rings. The molecule has 6 nitrogen and oxygen atoms in total. The number of anilines is 1. The molecular weight excluding hydrogens is 254 g/mol. The summed E-state index contributed by atoms with van der Waals surface area (Å²) in [5.74, 6) is 1.34. The Balaban J connectivity index is 1.71. The maximum absolute atomic E-state index is 5.78. The van der Waals surface area contributed by atoms with Gasteiger partial charge in [-0.25, -0.2) is 4.68 Å². The van der Waals surface area contributed by atoms with Gasteiger partial charge in [-0.05, 0) is 16.0 Å². The SMILES string of the molecule is Cn1nnnc1N1C[C@@H]2COC[C@]2(c2ccccc2)C1. The van der Waals surface area contributed by atoms with Crippen molar-refractivity contribution < 1.29 is 4.74 Å². The first-order valence-electron chi connectivity index (χ1n) is 6.90. The predicted molar refractivity (Wildman–Crippen MR) is 73.4 cm³/mol. The molecule has 0 amide bonds. The molecule has 0 saturated carbocycles. The summed E-state index contributed by atoms with van der Waals surface area (Å²) in [6.07, 6.45) is 0. The zero-order valence-electron chi connectivity index (χ0n) is 11.4. The summed E-state index contributed by atoms with van der Waals surface area (Å²) in [5, 5.41) is 11.8. The number of ether oxygens (including phenoxy) is 1. The second-order valence-corrected chi connectivity index (χ2v) is 5.72. The first kappa shape index (κ1) is 11.8. The van der Waals surface area contributed by atoms with Crippen LogP contribution in [-0.2, 0) is 17.2 Å². The van der Waals surface area contributed by atoms with E-state index >= 15 is 0 Å². The van der Waals surface area contributed by atoms with Crippen LogP contribution in [0.2, 0.25) is 0 Å². The first-order valence-corrected chi connectivity index (χ1v) is 6.90. The molecule has 0 bridgehead atoms. The lowest BCUT2D eigenvalue weighted by Gasteiger charge is -2.27. The fourth-order valence-electron chi connectivity index (χ4n) is 3.56. The van der Waals surface area contributed by atoms with E-state index in [-0.39, 0.29) is 5.41 Å². The average Bonchev–Trinajstić information content (AvgIpc) is 3.12. The van der Waals surface area contributed by atoms with Gasteiger partial charge in [0.05, 0.1) is 13.2 Å². The largest absolute Gasteiger partial charge is 0.380 e. The fraction of sp³-hybridized carbons (Fsp3) is 0.500. The zero-order valence-corrected chi connectivity index (χ0v) is 11.4. The van der Waals surface area contributed by atoms with Crippen molar-refractivity contribution >= 4 is 5.95 Å². The highest BCUT2D eigenvalue weighted by atomic mass is 16.5. The molecule has 2 aliphatic rings. The van der Waals surface area contributed by atoms with Gasteiger partial charge in [-0.2, -0.15) is 0 Å². The third kappa shape index (κ3) is 1.57. The van der Waals surface area contributed by atoms with E-state index in [2.05, 4.69) is 50.8 Å². The van der Waals surface area contributed by atoms with Gasteiger partial charge >= 0.3 is 0 Å². The summed E-state index contributed by atoms with van der Waals surface area (Å²) in [4.78, 5) is 2.28. The highest BCUT2D eigenvalue weighted by Gasteiger charge is 2.52. The molecule has 6 heteroatoms. The van der Waals surface area contributed by atoms with Gasteiger partial charge in [0.1, 0.15) is 0 Å². The lowest BCUT2D eigenvalue weighted by atomic mass is 9.75. The summed E-state index contributed by atoms with van der Waals surface area (Å²) in [7, 11) is 1.88. The van der Waals surface area contributed by atoms with E-state index in [1.54, 1.807) is 4.68 Å². The van der Waals surface area contributed by atoms with E-state index in [1.165, 1.54) is 5.56 Å². The van der Waals surface area contributed by atoms with Crippen LogP contribution in [0.5, 0.6) is 0 Å². The Morgan fingerprint density at radius 3 is 2.90 bits per heavy atom. The molecule has 3 heterocycles. The predicted octanol–water partition coefficient (Wildman–Crippen LogP) is 0.614. The van der Waals surface area contributed by atoms with Gasteiger partial charge < -0.3 is 9.64 Å². The first-order chi connectivity index (χ1) is 9.79. The van der Waals surface area contributed by atoms with Gasteiger partial charge in [-0.15, -0.1) is 0 Å². The zero-order chi connectivity index (χ0) is 13.6. The number of benzene rings is 1. The van der Waals surface area contributed by atoms with Crippen molar-refractivity contribution in [2.45, 2.75) is 5.41 Å². The topological polar surface area (TPSA) is 56.1 Å². The van der Waals surface area contributed by atoms with Crippen molar-refractivity contribution in [3.63, 3.8) is 0 Å². The molecule has 2 fully saturated rings. The summed E-state index contributed by atoms with van der Waals surface area (Å²) in [5.41, 5.74) is 1.44. The van der Waals surface area contributed by atoms with Crippen LogP contribution in [0.3, 0.4) is 0 Å². The number of fused-ring (bicyclic) bond motifs is 1. The Hall–Kier alpha value is -1.95. The molecule has 1 aromatic carbocycles. The minimum absolute atomic E-state index is 0.0766. The molecule has 0 aliphatic carbocycles. The molecule has 1 aromatic heterocycles. The number of rotatable bonds is 2. The third-order valence-corrected chi connectivity index (χ3v) is 4.60. The highest BCUT2D eigenvalue weighted by Crippen LogP contribution is 2.44. The second-order valence-electron chi connectivity index (χ2n) is 5.72. The molecule has 2 atom stereocenters. The van der Waals surface area contributed by atoms with Gasteiger partial charge in [-0.1, -0.05) is 35.4 Å². The normalized spacial score (nSPS) is 28.9. The van der Waals surface area contributed by atoms with Gasteiger partial charge in [-0.3, -0.25) is 0 Å². The van der Waals surface area contributed by atoms with Crippen molar-refractivity contribution in [1.82, 2.24) is 20.2 Å².